The summed E-state index contributed by atoms with van der Waals surface area (Å²) in [4.78, 5) is 13.3. The second kappa shape index (κ2) is 9.02. The van der Waals surface area contributed by atoms with Crippen LogP contribution < -0.4 is 0 Å². The largest absolute Gasteiger partial charge is 0.457 e. The van der Waals surface area contributed by atoms with Gasteiger partial charge in [-0.3, -0.25) is 0 Å². The maximum absolute atomic E-state index is 13.3. The van der Waals surface area contributed by atoms with Crippen LogP contribution in [-0.2, 0) is 16.1 Å². The highest BCUT2D eigenvalue weighted by Gasteiger charge is 2.34. The lowest BCUT2D eigenvalue weighted by atomic mass is 10.0. The van der Waals surface area contributed by atoms with Gasteiger partial charge in [0.05, 0.1) is 17.8 Å². The molecule has 0 bridgehead atoms. The molecule has 5 heteroatoms. The number of esters is 1. The number of rotatable bonds is 6. The van der Waals surface area contributed by atoms with Crippen LogP contribution in [0.4, 0.5) is 0 Å². The van der Waals surface area contributed by atoms with Gasteiger partial charge in [0.2, 0.25) is 0 Å². The molecule has 1 aliphatic rings. The number of carbonyl (C=O) groups is 1. The Hall–Kier alpha value is -3.99. The number of hydrogen-bond acceptors (Lipinski definition) is 4. The first-order valence-corrected chi connectivity index (χ1v) is 10.8. The molecule has 1 aliphatic carbocycles. The molecule has 0 radical (unpaired) electrons. The lowest BCUT2D eigenvalue weighted by Crippen LogP contribution is -2.18. The van der Waals surface area contributed by atoms with Gasteiger partial charge in [-0.2, -0.15) is 0 Å². The standard InChI is InChI=1S/C27H23N3O2/c31-27(32-19-20-10-4-1-5-11-20)26-23(21-12-6-2-7-13-21)16-17-25(26)30-18-24(28-29-30)22-14-8-3-9-15-22/h1-15,18,25H,16-17,19H2. The second-order valence-corrected chi connectivity index (χ2v) is 7.82. The molecule has 5 nitrogen and oxygen atoms in total. The van der Waals surface area contributed by atoms with Crippen LogP contribution in [0.1, 0.15) is 30.0 Å². The molecule has 158 valence electrons. The summed E-state index contributed by atoms with van der Waals surface area (Å²) in [5.41, 5.74) is 5.48. The molecule has 0 aliphatic heterocycles. The minimum Gasteiger partial charge on any atom is -0.457 e. The Morgan fingerprint density at radius 2 is 1.50 bits per heavy atom. The van der Waals surface area contributed by atoms with E-state index in [-0.39, 0.29) is 18.6 Å². The van der Waals surface area contributed by atoms with Gasteiger partial charge in [-0.1, -0.05) is 96.2 Å². The van der Waals surface area contributed by atoms with Crippen molar-refractivity contribution in [2.45, 2.75) is 25.5 Å². The lowest BCUT2D eigenvalue weighted by Gasteiger charge is -2.15. The Balaban J connectivity index is 1.47. The van der Waals surface area contributed by atoms with Gasteiger partial charge in [0, 0.05) is 5.56 Å². The minimum absolute atomic E-state index is 0.210. The van der Waals surface area contributed by atoms with E-state index in [2.05, 4.69) is 10.3 Å². The number of allylic oxidation sites excluding steroid dienone is 1. The molecule has 3 aromatic carbocycles. The maximum Gasteiger partial charge on any atom is 0.336 e. The van der Waals surface area contributed by atoms with E-state index in [1.54, 1.807) is 4.68 Å². The fraction of sp³-hybridized carbons (Fsp3) is 0.148. The van der Waals surface area contributed by atoms with Crippen molar-refractivity contribution in [1.29, 1.82) is 0 Å². The molecule has 4 aromatic rings. The lowest BCUT2D eigenvalue weighted by molar-refractivity contribution is -0.140. The Kier molecular flexibility index (Phi) is 5.62. The number of hydrogen-bond donors (Lipinski definition) is 0. The van der Waals surface area contributed by atoms with Crippen molar-refractivity contribution in [3.8, 4) is 11.3 Å². The van der Waals surface area contributed by atoms with E-state index in [4.69, 9.17) is 4.74 Å². The van der Waals surface area contributed by atoms with Crippen LogP contribution in [0.15, 0.2) is 103 Å². The first kappa shape index (κ1) is 19.9. The summed E-state index contributed by atoms with van der Waals surface area (Å²) in [6.07, 6.45) is 3.47. The van der Waals surface area contributed by atoms with Crippen molar-refractivity contribution in [1.82, 2.24) is 15.0 Å². The average Bonchev–Trinajstić information content (AvgIpc) is 3.52. The van der Waals surface area contributed by atoms with Crippen molar-refractivity contribution < 1.29 is 9.53 Å². The Bertz CT molecular complexity index is 1230. The third-order valence-corrected chi connectivity index (χ3v) is 5.78. The zero-order chi connectivity index (χ0) is 21.8. The zero-order valence-electron chi connectivity index (χ0n) is 17.6. The van der Waals surface area contributed by atoms with Crippen molar-refractivity contribution in [3.05, 3.63) is 114 Å². The fourth-order valence-electron chi connectivity index (χ4n) is 4.20. The normalized spacial score (nSPS) is 15.7. The molecule has 1 heterocycles. The maximum atomic E-state index is 13.3. The Labute approximate surface area is 187 Å². The smallest absolute Gasteiger partial charge is 0.336 e. The molecule has 1 unspecified atom stereocenters. The van der Waals surface area contributed by atoms with Gasteiger partial charge in [-0.05, 0) is 29.5 Å². The number of benzene rings is 3. The molecule has 0 amide bonds. The number of carbonyl (C=O) groups excluding carboxylic acids is 1. The van der Waals surface area contributed by atoms with Crippen LogP contribution in [0.2, 0.25) is 0 Å². The number of ether oxygens (including phenoxy) is 1. The molecular weight excluding hydrogens is 398 g/mol. The molecule has 5 rings (SSSR count). The molecule has 0 saturated heterocycles. The summed E-state index contributed by atoms with van der Waals surface area (Å²) in [7, 11) is 0. The first-order valence-electron chi connectivity index (χ1n) is 10.8. The molecule has 0 saturated carbocycles. The van der Waals surface area contributed by atoms with Gasteiger partial charge in [-0.15, -0.1) is 5.10 Å². The minimum atomic E-state index is -0.299. The fourth-order valence-corrected chi connectivity index (χ4v) is 4.20. The van der Waals surface area contributed by atoms with E-state index in [9.17, 15) is 4.79 Å². The molecule has 0 spiro atoms. The molecule has 32 heavy (non-hydrogen) atoms. The highest BCUT2D eigenvalue weighted by atomic mass is 16.5. The first-order chi connectivity index (χ1) is 15.8. The van der Waals surface area contributed by atoms with Gasteiger partial charge in [0.15, 0.2) is 0 Å². The molecule has 0 N–H and O–H groups in total. The molecule has 1 aromatic heterocycles. The predicted octanol–water partition coefficient (Wildman–Crippen LogP) is 5.48. The third kappa shape index (κ3) is 4.10. The van der Waals surface area contributed by atoms with E-state index >= 15 is 0 Å². The van der Waals surface area contributed by atoms with Crippen molar-refractivity contribution in [2.24, 2.45) is 0 Å². The van der Waals surface area contributed by atoms with Crippen LogP contribution in [0, 0.1) is 0 Å². The predicted molar refractivity (Wildman–Crippen MR) is 123 cm³/mol. The van der Waals surface area contributed by atoms with E-state index in [0.29, 0.717) is 5.57 Å². The monoisotopic (exact) mass is 421 g/mol. The van der Waals surface area contributed by atoms with Crippen molar-refractivity contribution in [2.75, 3.05) is 0 Å². The van der Waals surface area contributed by atoms with Gasteiger partial charge < -0.3 is 4.74 Å². The van der Waals surface area contributed by atoms with E-state index in [0.717, 1.165) is 40.8 Å². The summed E-state index contributed by atoms with van der Waals surface area (Å²) in [5, 5.41) is 8.73. The van der Waals surface area contributed by atoms with Gasteiger partial charge in [0.25, 0.3) is 0 Å². The van der Waals surface area contributed by atoms with E-state index in [1.165, 1.54) is 0 Å². The zero-order valence-corrected chi connectivity index (χ0v) is 17.6. The van der Waals surface area contributed by atoms with Crippen LogP contribution >= 0.6 is 0 Å². The van der Waals surface area contributed by atoms with Crippen molar-refractivity contribution in [3.63, 3.8) is 0 Å². The summed E-state index contributed by atoms with van der Waals surface area (Å²) in [5.74, 6) is -0.299. The quantitative estimate of drug-likeness (QED) is 0.387. The van der Waals surface area contributed by atoms with Crippen molar-refractivity contribution >= 4 is 11.5 Å². The Morgan fingerprint density at radius 3 is 2.19 bits per heavy atom. The number of nitrogens with zero attached hydrogens (tertiary/aromatic N) is 3. The highest BCUT2D eigenvalue weighted by molar-refractivity contribution is 5.99. The van der Waals surface area contributed by atoms with Crippen LogP contribution in [0.5, 0.6) is 0 Å². The SMILES string of the molecule is O=C(OCc1ccccc1)C1=C(c2ccccc2)CCC1n1cc(-c2ccccc2)nn1. The summed E-state index contributed by atoms with van der Waals surface area (Å²) in [6.45, 7) is 0.241. The topological polar surface area (TPSA) is 57.0 Å². The molecular formula is C27H23N3O2. The van der Waals surface area contributed by atoms with Gasteiger partial charge in [0.1, 0.15) is 12.3 Å². The Morgan fingerprint density at radius 1 is 0.875 bits per heavy atom. The average molecular weight is 422 g/mol. The van der Waals surface area contributed by atoms with Crippen LogP contribution in [0.3, 0.4) is 0 Å². The highest BCUT2D eigenvalue weighted by Crippen LogP contribution is 2.41. The van der Waals surface area contributed by atoms with E-state index in [1.807, 2.05) is 97.2 Å². The van der Waals surface area contributed by atoms with Gasteiger partial charge in [-0.25, -0.2) is 9.48 Å². The van der Waals surface area contributed by atoms with Crippen LogP contribution in [-0.4, -0.2) is 21.0 Å². The molecule has 0 fully saturated rings. The number of aromatic nitrogens is 3. The summed E-state index contributed by atoms with van der Waals surface area (Å²) >= 11 is 0. The summed E-state index contributed by atoms with van der Waals surface area (Å²) < 4.78 is 7.55. The summed E-state index contributed by atoms with van der Waals surface area (Å²) in [6, 6.07) is 29.5. The second-order valence-electron chi connectivity index (χ2n) is 7.82. The van der Waals surface area contributed by atoms with Crippen LogP contribution in [0.25, 0.3) is 16.8 Å². The van der Waals surface area contributed by atoms with Gasteiger partial charge >= 0.3 is 5.97 Å². The van der Waals surface area contributed by atoms with E-state index < -0.39 is 0 Å². The molecule has 1 atom stereocenters. The third-order valence-electron chi connectivity index (χ3n) is 5.78.